The second-order valence-electron chi connectivity index (χ2n) is 5.26. The highest BCUT2D eigenvalue weighted by molar-refractivity contribution is 5.85. The molecule has 5 nitrogen and oxygen atoms in total. The van der Waals surface area contributed by atoms with Crippen LogP contribution in [0.1, 0.15) is 22.5 Å². The van der Waals surface area contributed by atoms with E-state index in [1.807, 2.05) is 19.9 Å². The van der Waals surface area contributed by atoms with Crippen LogP contribution in [0.5, 0.6) is 0 Å². The van der Waals surface area contributed by atoms with Crippen LogP contribution in [-0.2, 0) is 0 Å². The zero-order chi connectivity index (χ0) is 15.0. The Kier molecular flexibility index (Phi) is 3.25. The van der Waals surface area contributed by atoms with Crippen molar-refractivity contribution in [3.05, 3.63) is 46.9 Å². The maximum absolute atomic E-state index is 4.60. The van der Waals surface area contributed by atoms with Crippen molar-refractivity contribution in [1.29, 1.82) is 0 Å². The van der Waals surface area contributed by atoms with Crippen molar-refractivity contribution in [3.63, 3.8) is 0 Å². The van der Waals surface area contributed by atoms with Crippen molar-refractivity contribution >= 4 is 22.8 Å². The molecule has 0 aliphatic rings. The first kappa shape index (κ1) is 13.4. The van der Waals surface area contributed by atoms with Crippen molar-refractivity contribution in [2.75, 3.05) is 5.32 Å². The van der Waals surface area contributed by atoms with Crippen LogP contribution in [-0.4, -0.2) is 19.9 Å². The van der Waals surface area contributed by atoms with Gasteiger partial charge in [0.05, 0.1) is 11.2 Å². The standard InChI is InChI=1S/C16H17N5/c1-9-7-10(2)14-13(8-9)12(4)19-16(20-14)21-15-17-6-5-11(3)18-15/h5-8H,1-4H3,(H,17,18,19,20,21). The molecule has 2 aromatic heterocycles. The summed E-state index contributed by atoms with van der Waals surface area (Å²) in [4.78, 5) is 17.6. The van der Waals surface area contributed by atoms with Crippen LogP contribution in [0.2, 0.25) is 0 Å². The second kappa shape index (κ2) is 5.09. The Bertz CT molecular complexity index is 826. The topological polar surface area (TPSA) is 63.6 Å². The van der Waals surface area contributed by atoms with E-state index in [-0.39, 0.29) is 0 Å². The summed E-state index contributed by atoms with van der Waals surface area (Å²) in [5.74, 6) is 1.04. The molecule has 0 atom stereocenters. The average molecular weight is 279 g/mol. The van der Waals surface area contributed by atoms with E-state index in [2.05, 4.69) is 51.2 Å². The van der Waals surface area contributed by atoms with E-state index in [1.165, 1.54) is 5.56 Å². The van der Waals surface area contributed by atoms with E-state index >= 15 is 0 Å². The van der Waals surface area contributed by atoms with Gasteiger partial charge in [-0.2, -0.15) is 0 Å². The summed E-state index contributed by atoms with van der Waals surface area (Å²) in [5, 5.41) is 4.16. The third-order valence-electron chi connectivity index (χ3n) is 3.34. The average Bonchev–Trinajstić information content (AvgIpc) is 2.40. The highest BCUT2D eigenvalue weighted by Gasteiger charge is 2.08. The summed E-state index contributed by atoms with van der Waals surface area (Å²) in [6, 6.07) is 6.09. The predicted molar refractivity (Wildman–Crippen MR) is 83.8 cm³/mol. The molecule has 0 radical (unpaired) electrons. The molecule has 0 saturated heterocycles. The van der Waals surface area contributed by atoms with Crippen LogP contribution in [0.3, 0.4) is 0 Å². The number of hydrogen-bond acceptors (Lipinski definition) is 5. The molecule has 106 valence electrons. The molecule has 0 fully saturated rings. The molecule has 3 aromatic rings. The third kappa shape index (κ3) is 2.67. The highest BCUT2D eigenvalue weighted by Crippen LogP contribution is 2.23. The SMILES string of the molecule is Cc1cc(C)c2nc(Nc3nccc(C)n3)nc(C)c2c1. The number of hydrogen-bond donors (Lipinski definition) is 1. The van der Waals surface area contributed by atoms with Gasteiger partial charge in [-0.3, -0.25) is 5.32 Å². The van der Waals surface area contributed by atoms with E-state index in [0.717, 1.165) is 27.9 Å². The van der Waals surface area contributed by atoms with Gasteiger partial charge in [0.2, 0.25) is 11.9 Å². The number of aromatic nitrogens is 4. The maximum atomic E-state index is 4.60. The minimum atomic E-state index is 0.513. The number of aryl methyl sites for hydroxylation is 4. The van der Waals surface area contributed by atoms with Gasteiger partial charge in [0.15, 0.2) is 0 Å². The molecule has 0 aliphatic heterocycles. The van der Waals surface area contributed by atoms with Crippen LogP contribution in [0.25, 0.3) is 10.9 Å². The lowest BCUT2D eigenvalue weighted by Gasteiger charge is -2.09. The fourth-order valence-electron chi connectivity index (χ4n) is 2.40. The third-order valence-corrected chi connectivity index (χ3v) is 3.34. The number of nitrogens with one attached hydrogen (secondary N) is 1. The Balaban J connectivity index is 2.08. The van der Waals surface area contributed by atoms with Gasteiger partial charge in [-0.05, 0) is 45.4 Å². The van der Waals surface area contributed by atoms with Crippen LogP contribution < -0.4 is 5.32 Å². The number of fused-ring (bicyclic) bond motifs is 1. The summed E-state index contributed by atoms with van der Waals surface area (Å²) < 4.78 is 0. The first-order chi connectivity index (χ1) is 10.0. The molecule has 1 aromatic carbocycles. The molecule has 0 aliphatic carbocycles. The first-order valence-electron chi connectivity index (χ1n) is 6.85. The van der Waals surface area contributed by atoms with Gasteiger partial charge in [-0.15, -0.1) is 0 Å². The summed E-state index contributed by atoms with van der Waals surface area (Å²) in [7, 11) is 0. The van der Waals surface area contributed by atoms with Crippen LogP contribution in [0.4, 0.5) is 11.9 Å². The molecule has 0 saturated carbocycles. The zero-order valence-electron chi connectivity index (χ0n) is 12.6. The molecule has 2 heterocycles. The lowest BCUT2D eigenvalue weighted by Crippen LogP contribution is -2.04. The Hall–Kier alpha value is -2.56. The second-order valence-corrected chi connectivity index (χ2v) is 5.26. The van der Waals surface area contributed by atoms with E-state index in [9.17, 15) is 0 Å². The Labute approximate surface area is 123 Å². The maximum Gasteiger partial charge on any atom is 0.230 e. The summed E-state index contributed by atoms with van der Waals surface area (Å²) in [6.45, 7) is 8.06. The normalized spacial score (nSPS) is 10.9. The van der Waals surface area contributed by atoms with Crippen molar-refractivity contribution in [1.82, 2.24) is 19.9 Å². The highest BCUT2D eigenvalue weighted by atomic mass is 15.2. The quantitative estimate of drug-likeness (QED) is 0.779. The van der Waals surface area contributed by atoms with Crippen LogP contribution >= 0.6 is 0 Å². The van der Waals surface area contributed by atoms with E-state index < -0.39 is 0 Å². The zero-order valence-corrected chi connectivity index (χ0v) is 12.6. The van der Waals surface area contributed by atoms with E-state index in [1.54, 1.807) is 6.20 Å². The largest absolute Gasteiger partial charge is 0.293 e. The van der Waals surface area contributed by atoms with Gasteiger partial charge < -0.3 is 0 Å². The van der Waals surface area contributed by atoms with Gasteiger partial charge in [0.1, 0.15) is 0 Å². The van der Waals surface area contributed by atoms with Gasteiger partial charge in [-0.25, -0.2) is 19.9 Å². The Morgan fingerprint density at radius 2 is 1.71 bits per heavy atom. The Morgan fingerprint density at radius 1 is 0.905 bits per heavy atom. The van der Waals surface area contributed by atoms with Gasteiger partial charge >= 0.3 is 0 Å². The van der Waals surface area contributed by atoms with Gasteiger partial charge in [-0.1, -0.05) is 11.6 Å². The number of nitrogens with zero attached hydrogens (tertiary/aromatic N) is 4. The van der Waals surface area contributed by atoms with Crippen molar-refractivity contribution in [2.45, 2.75) is 27.7 Å². The monoisotopic (exact) mass is 279 g/mol. The number of rotatable bonds is 2. The van der Waals surface area contributed by atoms with Crippen LogP contribution in [0, 0.1) is 27.7 Å². The molecular weight excluding hydrogens is 262 g/mol. The van der Waals surface area contributed by atoms with Crippen molar-refractivity contribution < 1.29 is 0 Å². The van der Waals surface area contributed by atoms with Crippen molar-refractivity contribution in [3.8, 4) is 0 Å². The minimum absolute atomic E-state index is 0.513. The molecule has 0 spiro atoms. The lowest BCUT2D eigenvalue weighted by molar-refractivity contribution is 1.07. The summed E-state index contributed by atoms with van der Waals surface area (Å²) in [5.41, 5.74) is 5.17. The van der Waals surface area contributed by atoms with Crippen LogP contribution in [0.15, 0.2) is 24.4 Å². The Morgan fingerprint density at radius 3 is 2.48 bits per heavy atom. The molecule has 21 heavy (non-hydrogen) atoms. The molecule has 1 N–H and O–H groups in total. The lowest BCUT2D eigenvalue weighted by atomic mass is 10.1. The van der Waals surface area contributed by atoms with Gasteiger partial charge in [0.25, 0.3) is 0 Å². The molecular formula is C16H17N5. The van der Waals surface area contributed by atoms with Gasteiger partial charge in [0, 0.05) is 17.3 Å². The molecule has 3 rings (SSSR count). The minimum Gasteiger partial charge on any atom is -0.293 e. The molecule has 0 amide bonds. The van der Waals surface area contributed by atoms with Crippen molar-refractivity contribution in [2.24, 2.45) is 0 Å². The number of anilines is 2. The molecule has 0 unspecified atom stereocenters. The smallest absolute Gasteiger partial charge is 0.230 e. The molecule has 0 bridgehead atoms. The van der Waals surface area contributed by atoms with E-state index in [0.29, 0.717) is 11.9 Å². The summed E-state index contributed by atoms with van der Waals surface area (Å²) in [6.07, 6.45) is 1.72. The predicted octanol–water partition coefficient (Wildman–Crippen LogP) is 3.40. The first-order valence-corrected chi connectivity index (χ1v) is 6.85. The fraction of sp³-hybridized carbons (Fsp3) is 0.250. The summed E-state index contributed by atoms with van der Waals surface area (Å²) >= 11 is 0. The van der Waals surface area contributed by atoms with E-state index in [4.69, 9.17) is 0 Å². The number of benzene rings is 1. The fourth-order valence-corrected chi connectivity index (χ4v) is 2.40. The molecule has 5 heteroatoms.